The molecule has 188 valence electrons. The van der Waals surface area contributed by atoms with E-state index in [0.29, 0.717) is 5.78 Å². The topological polar surface area (TPSA) is 17.1 Å². The summed E-state index contributed by atoms with van der Waals surface area (Å²) in [5.41, 5.74) is -1.13. The minimum atomic E-state index is -0.837. The van der Waals surface area contributed by atoms with Crippen LogP contribution in [0.5, 0.6) is 0 Å². The van der Waals surface area contributed by atoms with Crippen molar-refractivity contribution >= 4 is 5.78 Å². The van der Waals surface area contributed by atoms with Gasteiger partial charge >= 0.3 is 0 Å². The van der Waals surface area contributed by atoms with E-state index in [0.717, 1.165) is 86.9 Å². The Morgan fingerprint density at radius 3 is 1.39 bits per heavy atom. The van der Waals surface area contributed by atoms with Crippen LogP contribution < -0.4 is 0 Å². The van der Waals surface area contributed by atoms with Crippen LogP contribution in [0.4, 0.5) is 4.39 Å². The molecule has 5 rings (SSSR count). The quantitative estimate of drug-likeness (QED) is 0.401. The number of ketones is 1. The van der Waals surface area contributed by atoms with Gasteiger partial charge in [0.15, 0.2) is 5.78 Å². The van der Waals surface area contributed by atoms with Crippen LogP contribution in [0.3, 0.4) is 0 Å². The van der Waals surface area contributed by atoms with Crippen molar-refractivity contribution < 1.29 is 9.18 Å². The summed E-state index contributed by atoms with van der Waals surface area (Å²) in [5, 5.41) is 0. The fourth-order valence-electron chi connectivity index (χ4n) is 9.82. The second-order valence-electron chi connectivity index (χ2n) is 13.4. The molecule has 0 aromatic rings. The Hall–Kier alpha value is -0.400. The van der Waals surface area contributed by atoms with E-state index in [4.69, 9.17) is 0 Å². The zero-order chi connectivity index (χ0) is 23.1. The fraction of sp³-hybridized carbons (Fsp3) is 0.968. The van der Waals surface area contributed by atoms with Crippen molar-refractivity contribution in [2.45, 2.75) is 142 Å². The normalized spacial score (nSPS) is 48.7. The maximum absolute atomic E-state index is 16.0. The molecule has 5 aliphatic rings. The Kier molecular flexibility index (Phi) is 7.31. The predicted molar refractivity (Wildman–Crippen MR) is 135 cm³/mol. The van der Waals surface area contributed by atoms with Gasteiger partial charge in [0.05, 0.1) is 10.8 Å². The molecule has 0 amide bonds. The molecule has 0 unspecified atom stereocenters. The number of alkyl halides is 1. The van der Waals surface area contributed by atoms with Gasteiger partial charge in [-0.1, -0.05) is 58.8 Å². The lowest BCUT2D eigenvalue weighted by atomic mass is 9.41. The molecule has 0 bridgehead atoms. The van der Waals surface area contributed by atoms with Gasteiger partial charge in [0.1, 0.15) is 6.17 Å². The number of halogens is 1. The van der Waals surface area contributed by atoms with E-state index in [9.17, 15) is 4.79 Å². The highest BCUT2D eigenvalue weighted by Crippen LogP contribution is 2.66. The molecule has 2 spiro atoms. The van der Waals surface area contributed by atoms with Crippen molar-refractivity contribution in [2.75, 3.05) is 0 Å². The van der Waals surface area contributed by atoms with Gasteiger partial charge in [0.25, 0.3) is 0 Å². The van der Waals surface area contributed by atoms with E-state index in [2.05, 4.69) is 13.8 Å². The summed E-state index contributed by atoms with van der Waals surface area (Å²) in [5.74, 6) is 5.53. The molecule has 2 heteroatoms. The number of hydrogen-bond acceptors (Lipinski definition) is 1. The molecule has 0 aromatic carbocycles. The Bertz CT molecular complexity index is 652. The van der Waals surface area contributed by atoms with Crippen LogP contribution in [0.15, 0.2) is 0 Å². The van der Waals surface area contributed by atoms with Gasteiger partial charge < -0.3 is 0 Å². The summed E-state index contributed by atoms with van der Waals surface area (Å²) in [7, 11) is 0. The molecule has 33 heavy (non-hydrogen) atoms. The smallest absolute Gasteiger partial charge is 0.151 e. The maximum atomic E-state index is 16.0. The maximum Gasteiger partial charge on any atom is 0.151 e. The van der Waals surface area contributed by atoms with Crippen molar-refractivity contribution in [3.05, 3.63) is 0 Å². The molecular formula is C31H51FO. The average Bonchev–Trinajstić information content (AvgIpc) is 2.89. The summed E-state index contributed by atoms with van der Waals surface area (Å²) in [6, 6.07) is 0. The summed E-state index contributed by atoms with van der Waals surface area (Å²) < 4.78 is 16.0. The van der Waals surface area contributed by atoms with Crippen LogP contribution in [0, 0.1) is 46.3 Å². The molecule has 5 aliphatic carbocycles. The van der Waals surface area contributed by atoms with Gasteiger partial charge in [-0.05, 0) is 113 Å². The zero-order valence-electron chi connectivity index (χ0n) is 21.8. The third-order valence-corrected chi connectivity index (χ3v) is 12.1. The first-order valence-electron chi connectivity index (χ1n) is 15.2. The predicted octanol–water partition coefficient (Wildman–Crippen LogP) is 9.08. The second kappa shape index (κ2) is 9.93. The fourth-order valence-corrected chi connectivity index (χ4v) is 9.82. The lowest BCUT2D eigenvalue weighted by molar-refractivity contribution is -0.194. The summed E-state index contributed by atoms with van der Waals surface area (Å²) in [6.45, 7) is 4.65. The van der Waals surface area contributed by atoms with Crippen LogP contribution in [0.1, 0.15) is 136 Å². The van der Waals surface area contributed by atoms with E-state index in [1.165, 1.54) is 70.6 Å². The first kappa shape index (κ1) is 24.3. The van der Waals surface area contributed by atoms with E-state index in [-0.39, 0.29) is 0 Å². The van der Waals surface area contributed by atoms with Crippen molar-refractivity contribution in [1.82, 2.24) is 0 Å². The Morgan fingerprint density at radius 1 is 0.636 bits per heavy atom. The third kappa shape index (κ3) is 4.26. The van der Waals surface area contributed by atoms with Gasteiger partial charge in [-0.2, -0.15) is 0 Å². The van der Waals surface area contributed by atoms with Crippen LogP contribution in [0.2, 0.25) is 0 Å². The molecular weight excluding hydrogens is 407 g/mol. The minimum Gasteiger partial charge on any atom is -0.298 e. The standard InChI is InChI=1S/C31H51FO/c1-3-5-23-8-12-25(13-9-23)27-16-20-31(21-17-27)28(32)30(29(31)33)18-14-26(15-19-30)24-10-6-22(4-2)7-11-24/h22-28H,3-21H2,1-2H3/t22?,23?,24?,25?,26?,27?,28-,30-,31-/m1/s1. The third-order valence-electron chi connectivity index (χ3n) is 12.1. The number of Topliss-reactive ketones (excluding diaryl/α,β-unsaturated/α-hetero) is 1. The molecule has 0 aliphatic heterocycles. The lowest BCUT2D eigenvalue weighted by Crippen LogP contribution is -2.69. The average molecular weight is 459 g/mol. The monoisotopic (exact) mass is 458 g/mol. The van der Waals surface area contributed by atoms with Crippen molar-refractivity contribution in [2.24, 2.45) is 46.3 Å². The Balaban J connectivity index is 1.11. The zero-order valence-corrected chi connectivity index (χ0v) is 21.8. The Labute approximate surface area is 203 Å². The highest BCUT2D eigenvalue weighted by atomic mass is 19.1. The summed E-state index contributed by atoms with van der Waals surface area (Å²) in [6.07, 6.45) is 22.3. The highest BCUT2D eigenvalue weighted by molar-refractivity contribution is 5.98. The van der Waals surface area contributed by atoms with Crippen molar-refractivity contribution in [3.8, 4) is 0 Å². The number of carbonyl (C=O) groups is 1. The van der Waals surface area contributed by atoms with E-state index < -0.39 is 17.0 Å². The molecule has 0 aromatic heterocycles. The molecule has 0 heterocycles. The van der Waals surface area contributed by atoms with Crippen molar-refractivity contribution in [1.29, 1.82) is 0 Å². The Morgan fingerprint density at radius 2 is 1.03 bits per heavy atom. The molecule has 1 atom stereocenters. The summed E-state index contributed by atoms with van der Waals surface area (Å²) >= 11 is 0. The SMILES string of the molecule is CCCC1CCC(C2CC[C@]3(CC2)C(=O)[C@@]2(CCC(C4CCC(CC)CC4)CC2)[C@H]3F)CC1. The molecule has 5 fully saturated rings. The van der Waals surface area contributed by atoms with Gasteiger partial charge in [0.2, 0.25) is 0 Å². The van der Waals surface area contributed by atoms with Crippen LogP contribution >= 0.6 is 0 Å². The van der Waals surface area contributed by atoms with Gasteiger partial charge in [-0.15, -0.1) is 0 Å². The number of rotatable bonds is 5. The van der Waals surface area contributed by atoms with Crippen LogP contribution in [-0.2, 0) is 4.79 Å². The van der Waals surface area contributed by atoms with E-state index >= 15 is 4.39 Å². The van der Waals surface area contributed by atoms with Gasteiger partial charge in [-0.25, -0.2) is 4.39 Å². The number of hydrogen-bond donors (Lipinski definition) is 0. The molecule has 0 saturated heterocycles. The van der Waals surface area contributed by atoms with Crippen LogP contribution in [-0.4, -0.2) is 12.0 Å². The van der Waals surface area contributed by atoms with Crippen LogP contribution in [0.25, 0.3) is 0 Å². The van der Waals surface area contributed by atoms with Gasteiger partial charge in [0, 0.05) is 0 Å². The first-order valence-corrected chi connectivity index (χ1v) is 15.2. The first-order chi connectivity index (χ1) is 16.0. The van der Waals surface area contributed by atoms with E-state index in [1.54, 1.807) is 0 Å². The number of carbonyl (C=O) groups excluding carboxylic acids is 1. The van der Waals surface area contributed by atoms with Gasteiger partial charge in [-0.3, -0.25) is 4.79 Å². The minimum absolute atomic E-state index is 0.376. The van der Waals surface area contributed by atoms with E-state index in [1.807, 2.05) is 0 Å². The largest absolute Gasteiger partial charge is 0.298 e. The molecule has 0 N–H and O–H groups in total. The molecule has 1 nitrogen and oxygen atoms in total. The highest BCUT2D eigenvalue weighted by Gasteiger charge is 2.71. The molecule has 5 saturated carbocycles. The van der Waals surface area contributed by atoms with Crippen molar-refractivity contribution in [3.63, 3.8) is 0 Å². The lowest BCUT2D eigenvalue weighted by Gasteiger charge is -2.62. The second-order valence-corrected chi connectivity index (χ2v) is 13.4. The molecule has 0 radical (unpaired) electrons. The summed E-state index contributed by atoms with van der Waals surface area (Å²) in [4.78, 5) is 13.6.